The summed E-state index contributed by atoms with van der Waals surface area (Å²) in [6.45, 7) is 1.92. The lowest BCUT2D eigenvalue weighted by Crippen LogP contribution is -2.34. The molecule has 3 aromatic carbocycles. The molecule has 1 saturated carbocycles. The molecule has 1 fully saturated rings. The molecule has 0 amide bonds. The van der Waals surface area contributed by atoms with Crippen molar-refractivity contribution in [3.63, 3.8) is 0 Å². The van der Waals surface area contributed by atoms with Crippen LogP contribution in [-0.4, -0.2) is 14.0 Å². The van der Waals surface area contributed by atoms with Crippen molar-refractivity contribution in [3.05, 3.63) is 77.6 Å². The van der Waals surface area contributed by atoms with Gasteiger partial charge in [0.05, 0.1) is 4.90 Å². The zero-order chi connectivity index (χ0) is 18.4. The lowest BCUT2D eigenvalue weighted by molar-refractivity contribution is 0.558. The van der Waals surface area contributed by atoms with E-state index in [1.54, 1.807) is 24.3 Å². The second-order valence-electron chi connectivity index (χ2n) is 7.27. The van der Waals surface area contributed by atoms with E-state index in [1.165, 1.54) is 12.1 Å². The number of hydrogen-bond acceptors (Lipinski definition) is 2. The highest BCUT2D eigenvalue weighted by molar-refractivity contribution is 7.89. The summed E-state index contributed by atoms with van der Waals surface area (Å²) in [6, 6.07) is 17.5. The van der Waals surface area contributed by atoms with Crippen LogP contribution in [0.3, 0.4) is 0 Å². The van der Waals surface area contributed by atoms with E-state index in [-0.39, 0.29) is 16.3 Å². The molecule has 3 aromatic rings. The normalized spacial score (nSPS) is 15.9. The quantitative estimate of drug-likeness (QED) is 0.724. The van der Waals surface area contributed by atoms with Crippen LogP contribution in [0.5, 0.6) is 0 Å². The van der Waals surface area contributed by atoms with Crippen molar-refractivity contribution in [1.29, 1.82) is 0 Å². The molecule has 0 aliphatic heterocycles. The molecule has 1 aliphatic rings. The van der Waals surface area contributed by atoms with Crippen LogP contribution < -0.4 is 4.72 Å². The first-order chi connectivity index (χ1) is 12.3. The second-order valence-corrected chi connectivity index (χ2v) is 8.95. The molecule has 0 atom stereocenters. The van der Waals surface area contributed by atoms with Gasteiger partial charge in [-0.05, 0) is 72.4 Å². The summed E-state index contributed by atoms with van der Waals surface area (Å²) >= 11 is 0. The molecule has 1 aliphatic carbocycles. The van der Waals surface area contributed by atoms with Gasteiger partial charge in [0.15, 0.2) is 0 Å². The third-order valence-corrected chi connectivity index (χ3v) is 6.58. The predicted octanol–water partition coefficient (Wildman–Crippen LogP) is 4.40. The molecule has 5 heteroatoms. The summed E-state index contributed by atoms with van der Waals surface area (Å²) in [5.41, 5.74) is 1.80. The summed E-state index contributed by atoms with van der Waals surface area (Å²) < 4.78 is 41.1. The molecule has 4 rings (SSSR count). The summed E-state index contributed by atoms with van der Waals surface area (Å²) in [5.74, 6) is -0.252. The van der Waals surface area contributed by atoms with Gasteiger partial charge < -0.3 is 0 Å². The molecule has 3 nitrogen and oxygen atoms in total. The first kappa shape index (κ1) is 17.2. The fraction of sp³-hybridized carbons (Fsp3) is 0.238. The van der Waals surface area contributed by atoms with Crippen molar-refractivity contribution in [2.24, 2.45) is 0 Å². The van der Waals surface area contributed by atoms with Crippen molar-refractivity contribution in [3.8, 4) is 0 Å². The minimum Gasteiger partial charge on any atom is -0.207 e. The molecular formula is C21H20FNO2S. The van der Waals surface area contributed by atoms with Crippen LogP contribution in [0.4, 0.5) is 4.39 Å². The van der Waals surface area contributed by atoms with Gasteiger partial charge in [-0.15, -0.1) is 0 Å². The molecule has 0 saturated heterocycles. The van der Waals surface area contributed by atoms with Crippen molar-refractivity contribution < 1.29 is 12.8 Å². The van der Waals surface area contributed by atoms with Gasteiger partial charge in [-0.1, -0.05) is 36.4 Å². The zero-order valence-corrected chi connectivity index (χ0v) is 15.3. The summed E-state index contributed by atoms with van der Waals surface area (Å²) in [5, 5.41) is 1.89. The Labute approximate surface area is 152 Å². The smallest absolute Gasteiger partial charge is 0.207 e. The average molecular weight is 369 g/mol. The van der Waals surface area contributed by atoms with E-state index in [0.29, 0.717) is 6.42 Å². The van der Waals surface area contributed by atoms with Crippen molar-refractivity contribution in [2.45, 2.75) is 36.6 Å². The Morgan fingerprint density at radius 2 is 1.77 bits per heavy atom. The first-order valence-electron chi connectivity index (χ1n) is 8.65. The predicted molar refractivity (Wildman–Crippen MR) is 101 cm³/mol. The van der Waals surface area contributed by atoms with E-state index in [0.717, 1.165) is 34.7 Å². The van der Waals surface area contributed by atoms with E-state index in [4.69, 9.17) is 0 Å². The Morgan fingerprint density at radius 3 is 2.46 bits per heavy atom. The topological polar surface area (TPSA) is 46.2 Å². The maximum absolute atomic E-state index is 13.1. The lowest BCUT2D eigenvalue weighted by atomic mass is 9.98. The maximum atomic E-state index is 13.1. The van der Waals surface area contributed by atoms with Gasteiger partial charge in [-0.2, -0.15) is 0 Å². The van der Waals surface area contributed by atoms with Gasteiger partial charge in [0, 0.05) is 5.54 Å². The third-order valence-electron chi connectivity index (χ3n) is 4.94. The highest BCUT2D eigenvalue weighted by atomic mass is 32.2. The molecule has 0 unspecified atom stereocenters. The van der Waals surface area contributed by atoms with Crippen molar-refractivity contribution >= 4 is 20.8 Å². The Hall–Kier alpha value is -2.24. The SMILES string of the molecule is CC1(NS(=O)(=O)c2ccc3c(Cc4ccc(F)cc4)cccc3c2)CC1. The number of benzene rings is 3. The van der Waals surface area contributed by atoms with Gasteiger partial charge >= 0.3 is 0 Å². The summed E-state index contributed by atoms with van der Waals surface area (Å²) in [4.78, 5) is 0.289. The summed E-state index contributed by atoms with van der Waals surface area (Å²) in [6.07, 6.45) is 2.42. The highest BCUT2D eigenvalue weighted by Gasteiger charge is 2.41. The number of hydrogen-bond donors (Lipinski definition) is 1. The number of halogens is 1. The van der Waals surface area contributed by atoms with Gasteiger partial charge in [-0.3, -0.25) is 0 Å². The maximum Gasteiger partial charge on any atom is 0.241 e. The lowest BCUT2D eigenvalue weighted by Gasteiger charge is -2.13. The van der Waals surface area contributed by atoms with E-state index in [2.05, 4.69) is 4.72 Å². The van der Waals surface area contributed by atoms with Gasteiger partial charge in [0.1, 0.15) is 5.82 Å². The van der Waals surface area contributed by atoms with Crippen LogP contribution in [0.15, 0.2) is 65.6 Å². The average Bonchev–Trinajstić information content (AvgIpc) is 3.32. The Morgan fingerprint density at radius 1 is 1.04 bits per heavy atom. The minimum absolute atomic E-state index is 0.252. The fourth-order valence-corrected chi connectivity index (χ4v) is 4.65. The van der Waals surface area contributed by atoms with Crippen molar-refractivity contribution in [2.75, 3.05) is 0 Å². The molecule has 0 heterocycles. The van der Waals surface area contributed by atoms with Gasteiger partial charge in [0.25, 0.3) is 0 Å². The minimum atomic E-state index is -3.52. The number of fused-ring (bicyclic) bond motifs is 1. The van der Waals surface area contributed by atoms with Crippen LogP contribution in [0.1, 0.15) is 30.9 Å². The second kappa shape index (κ2) is 6.18. The standard InChI is InChI=1S/C21H20FNO2S/c1-21(11-12-21)23-26(24,25)19-9-10-20-16(3-2-4-17(20)14-19)13-15-5-7-18(22)8-6-15/h2-10,14,23H,11-13H2,1H3. The van der Waals surface area contributed by atoms with Crippen LogP contribution in [0, 0.1) is 5.82 Å². The zero-order valence-electron chi connectivity index (χ0n) is 14.5. The van der Waals surface area contributed by atoms with Gasteiger partial charge in [-0.25, -0.2) is 17.5 Å². The number of nitrogens with one attached hydrogen (secondary N) is 1. The highest BCUT2D eigenvalue weighted by Crippen LogP contribution is 2.36. The molecule has 0 aromatic heterocycles. The molecule has 26 heavy (non-hydrogen) atoms. The first-order valence-corrected chi connectivity index (χ1v) is 10.1. The molecule has 0 radical (unpaired) electrons. The molecule has 1 N–H and O–H groups in total. The van der Waals surface area contributed by atoms with E-state index >= 15 is 0 Å². The number of rotatable bonds is 5. The fourth-order valence-electron chi connectivity index (χ4n) is 3.15. The van der Waals surface area contributed by atoms with Crippen LogP contribution in [-0.2, 0) is 16.4 Å². The van der Waals surface area contributed by atoms with Gasteiger partial charge in [0.2, 0.25) is 10.0 Å². The van der Waals surface area contributed by atoms with Crippen LogP contribution >= 0.6 is 0 Å². The third kappa shape index (κ3) is 3.50. The molecule has 0 spiro atoms. The van der Waals surface area contributed by atoms with Crippen LogP contribution in [0.25, 0.3) is 10.8 Å². The van der Waals surface area contributed by atoms with Crippen LogP contribution in [0.2, 0.25) is 0 Å². The van der Waals surface area contributed by atoms with E-state index < -0.39 is 10.0 Å². The largest absolute Gasteiger partial charge is 0.241 e. The Bertz CT molecular complexity index is 1070. The van der Waals surface area contributed by atoms with E-state index in [9.17, 15) is 12.8 Å². The monoisotopic (exact) mass is 369 g/mol. The molecule has 0 bridgehead atoms. The molecule has 134 valence electrons. The van der Waals surface area contributed by atoms with E-state index in [1.807, 2.05) is 31.2 Å². The Kier molecular flexibility index (Phi) is 4.09. The Balaban J connectivity index is 1.68. The van der Waals surface area contributed by atoms with Crippen molar-refractivity contribution in [1.82, 2.24) is 4.72 Å². The summed E-state index contributed by atoms with van der Waals surface area (Å²) in [7, 11) is -3.52. The molecular weight excluding hydrogens is 349 g/mol. The number of sulfonamides is 1.